The Labute approximate surface area is 123 Å². The Balaban J connectivity index is 0.00000191. The molecule has 0 amide bonds. The van der Waals surface area contributed by atoms with Crippen molar-refractivity contribution in [2.24, 2.45) is 0 Å². The molecular weight excluding hydrogens is 279 g/mol. The van der Waals surface area contributed by atoms with Crippen molar-refractivity contribution >= 4 is 5.97 Å². The minimum atomic E-state index is -1.81. The van der Waals surface area contributed by atoms with Crippen LogP contribution in [0.4, 0.5) is 4.39 Å². The molecule has 1 rings (SSSR count). The molecule has 120 valence electrons. The highest BCUT2D eigenvalue weighted by molar-refractivity contribution is 5.70. The lowest BCUT2D eigenvalue weighted by Crippen LogP contribution is -2.32. The van der Waals surface area contributed by atoms with Crippen molar-refractivity contribution in [1.82, 2.24) is 9.97 Å². The van der Waals surface area contributed by atoms with Gasteiger partial charge in [-0.25, -0.2) is 9.37 Å². The lowest BCUT2D eigenvalue weighted by atomic mass is 9.84. The molecule has 0 radical (unpaired) electrons. The zero-order chi connectivity index (χ0) is 16.6. The van der Waals surface area contributed by atoms with E-state index in [0.717, 1.165) is 6.33 Å². The number of hydrogen-bond acceptors (Lipinski definition) is 5. The Morgan fingerprint density at radius 2 is 2.00 bits per heavy atom. The smallest absolute Gasteiger partial charge is 0.306 e. The molecule has 0 aliphatic carbocycles. The number of halogens is 1. The maximum Gasteiger partial charge on any atom is 0.306 e. The van der Waals surface area contributed by atoms with E-state index in [4.69, 9.17) is 4.74 Å². The molecule has 0 aliphatic rings. The number of nitrogens with zero attached hydrogens (tertiary/aromatic N) is 1. The maximum absolute atomic E-state index is 14.3. The van der Waals surface area contributed by atoms with E-state index in [1.165, 1.54) is 28.1 Å². The average molecular weight is 302 g/mol. The first-order valence-electron chi connectivity index (χ1n) is 6.68. The SMILES string of the molecule is CC.COC(=O)CC(c1c(OC)nc[nH]c1=O)C(C)(C)F. The normalized spacial score (nSPS) is 12.0. The van der Waals surface area contributed by atoms with Gasteiger partial charge in [0, 0.05) is 5.92 Å². The number of carbonyl (C=O) groups excluding carboxylic acids is 1. The number of hydrogen-bond donors (Lipinski definition) is 1. The van der Waals surface area contributed by atoms with Crippen LogP contribution in [-0.2, 0) is 9.53 Å². The fourth-order valence-electron chi connectivity index (χ4n) is 1.80. The summed E-state index contributed by atoms with van der Waals surface area (Å²) in [5.41, 5.74) is -2.34. The maximum atomic E-state index is 14.3. The van der Waals surface area contributed by atoms with Crippen LogP contribution in [0.2, 0.25) is 0 Å². The first kappa shape index (κ1) is 19.1. The van der Waals surface area contributed by atoms with E-state index in [9.17, 15) is 14.0 Å². The third-order valence-electron chi connectivity index (χ3n) is 2.82. The number of aromatic amines is 1. The molecule has 1 aromatic rings. The Bertz CT molecular complexity index is 508. The van der Waals surface area contributed by atoms with E-state index < -0.39 is 23.1 Å². The highest BCUT2D eigenvalue weighted by atomic mass is 19.1. The molecule has 0 fully saturated rings. The lowest BCUT2D eigenvalue weighted by molar-refractivity contribution is -0.142. The van der Waals surface area contributed by atoms with Gasteiger partial charge in [-0.2, -0.15) is 0 Å². The van der Waals surface area contributed by atoms with Crippen LogP contribution in [0.3, 0.4) is 0 Å². The number of H-pyrrole nitrogens is 1. The van der Waals surface area contributed by atoms with E-state index in [1.54, 1.807) is 0 Å². The van der Waals surface area contributed by atoms with Gasteiger partial charge in [0.25, 0.3) is 5.56 Å². The molecule has 0 spiro atoms. The molecule has 6 nitrogen and oxygen atoms in total. The number of rotatable bonds is 5. The second kappa shape index (κ2) is 8.39. The summed E-state index contributed by atoms with van der Waals surface area (Å²) in [6, 6.07) is 0. The van der Waals surface area contributed by atoms with Crippen molar-refractivity contribution < 1.29 is 18.7 Å². The Hall–Kier alpha value is -1.92. The summed E-state index contributed by atoms with van der Waals surface area (Å²) in [5, 5.41) is 0. The van der Waals surface area contributed by atoms with E-state index in [1.807, 2.05) is 13.8 Å². The number of alkyl halides is 1. The molecule has 1 atom stereocenters. The monoisotopic (exact) mass is 302 g/mol. The largest absolute Gasteiger partial charge is 0.481 e. The van der Waals surface area contributed by atoms with Gasteiger partial charge >= 0.3 is 5.97 Å². The quantitative estimate of drug-likeness (QED) is 0.843. The van der Waals surface area contributed by atoms with Crippen LogP contribution < -0.4 is 10.3 Å². The molecule has 1 heterocycles. The van der Waals surface area contributed by atoms with Crippen LogP contribution >= 0.6 is 0 Å². The summed E-state index contributed by atoms with van der Waals surface area (Å²) >= 11 is 0. The fraction of sp³-hybridized carbons (Fsp3) is 0.643. The third-order valence-corrected chi connectivity index (χ3v) is 2.82. The van der Waals surface area contributed by atoms with Gasteiger partial charge in [-0.1, -0.05) is 13.8 Å². The minimum Gasteiger partial charge on any atom is -0.481 e. The minimum absolute atomic E-state index is 0.00269. The number of aromatic nitrogens is 2. The molecule has 0 saturated heterocycles. The van der Waals surface area contributed by atoms with Crippen molar-refractivity contribution in [2.45, 2.75) is 45.7 Å². The third kappa shape index (κ3) is 5.17. The lowest BCUT2D eigenvalue weighted by Gasteiger charge is -2.26. The summed E-state index contributed by atoms with van der Waals surface area (Å²) in [4.78, 5) is 29.4. The summed E-state index contributed by atoms with van der Waals surface area (Å²) in [6.45, 7) is 6.57. The molecule has 0 aromatic carbocycles. The van der Waals surface area contributed by atoms with Gasteiger partial charge in [0.15, 0.2) is 0 Å². The predicted molar refractivity (Wildman–Crippen MR) is 77.3 cm³/mol. The summed E-state index contributed by atoms with van der Waals surface area (Å²) in [7, 11) is 2.53. The van der Waals surface area contributed by atoms with Gasteiger partial charge in [0.05, 0.1) is 32.5 Å². The molecule has 21 heavy (non-hydrogen) atoms. The zero-order valence-corrected chi connectivity index (χ0v) is 13.3. The van der Waals surface area contributed by atoms with Crippen molar-refractivity contribution in [3.8, 4) is 5.88 Å². The topological polar surface area (TPSA) is 81.3 Å². The van der Waals surface area contributed by atoms with Crippen LogP contribution in [0.15, 0.2) is 11.1 Å². The Morgan fingerprint density at radius 1 is 1.43 bits per heavy atom. The Kier molecular flexibility index (Phi) is 7.62. The van der Waals surface area contributed by atoms with Gasteiger partial charge in [-0.05, 0) is 13.8 Å². The van der Waals surface area contributed by atoms with Crippen LogP contribution in [0.25, 0.3) is 0 Å². The number of esters is 1. The van der Waals surface area contributed by atoms with Crippen LogP contribution in [0.1, 0.15) is 45.6 Å². The first-order valence-corrected chi connectivity index (χ1v) is 6.68. The highest BCUT2D eigenvalue weighted by Gasteiger charge is 2.37. The van der Waals surface area contributed by atoms with Crippen molar-refractivity contribution in [2.75, 3.05) is 14.2 Å². The molecule has 0 aliphatic heterocycles. The van der Waals surface area contributed by atoms with E-state index in [0.29, 0.717) is 0 Å². The van der Waals surface area contributed by atoms with E-state index in [2.05, 4.69) is 14.7 Å². The van der Waals surface area contributed by atoms with E-state index in [-0.39, 0.29) is 17.9 Å². The second-order valence-corrected chi connectivity index (χ2v) is 4.55. The van der Waals surface area contributed by atoms with Gasteiger partial charge < -0.3 is 14.5 Å². The predicted octanol–water partition coefficient (Wildman–Crippen LogP) is 2.20. The van der Waals surface area contributed by atoms with Gasteiger partial charge in [0.2, 0.25) is 5.88 Å². The van der Waals surface area contributed by atoms with Crippen molar-refractivity contribution in [3.05, 3.63) is 22.2 Å². The van der Waals surface area contributed by atoms with Gasteiger partial charge in [0.1, 0.15) is 5.67 Å². The first-order chi connectivity index (χ1) is 9.81. The molecule has 0 bridgehead atoms. The van der Waals surface area contributed by atoms with E-state index >= 15 is 0 Å². The number of carbonyl (C=O) groups is 1. The summed E-state index contributed by atoms with van der Waals surface area (Å²) in [5.74, 6) is -1.61. The standard InChI is InChI=1S/C12H17FN2O4.C2H6/c1-12(2,13)7(5-8(16)18-3)9-10(17)14-6-15-11(9)19-4;1-2/h6-7H,5H2,1-4H3,(H,14,15,17);1-2H3. The number of nitrogens with one attached hydrogen (secondary N) is 1. The molecular formula is C14H23FN2O4. The summed E-state index contributed by atoms with van der Waals surface area (Å²) < 4.78 is 23.8. The molecule has 1 aromatic heterocycles. The second-order valence-electron chi connectivity index (χ2n) is 4.55. The highest BCUT2D eigenvalue weighted by Crippen LogP contribution is 2.36. The van der Waals surface area contributed by atoms with Crippen molar-refractivity contribution in [1.29, 1.82) is 0 Å². The van der Waals surface area contributed by atoms with Crippen molar-refractivity contribution in [3.63, 3.8) is 0 Å². The van der Waals surface area contributed by atoms with Gasteiger partial charge in [-0.3, -0.25) is 9.59 Å². The molecule has 0 saturated carbocycles. The molecule has 1 unspecified atom stereocenters. The number of methoxy groups -OCH3 is 2. The van der Waals surface area contributed by atoms with Gasteiger partial charge in [-0.15, -0.1) is 0 Å². The van der Waals surface area contributed by atoms with Crippen LogP contribution in [0.5, 0.6) is 5.88 Å². The average Bonchev–Trinajstić information content (AvgIpc) is 2.45. The number of ether oxygens (including phenoxy) is 2. The Morgan fingerprint density at radius 3 is 2.43 bits per heavy atom. The fourth-order valence-corrected chi connectivity index (χ4v) is 1.80. The summed E-state index contributed by atoms with van der Waals surface area (Å²) in [6.07, 6.45) is 0.885. The zero-order valence-electron chi connectivity index (χ0n) is 13.3. The molecule has 1 N–H and O–H groups in total. The van der Waals surface area contributed by atoms with Crippen LogP contribution in [-0.4, -0.2) is 35.8 Å². The van der Waals surface area contributed by atoms with Crippen LogP contribution in [0, 0.1) is 0 Å². The molecule has 7 heteroatoms.